The van der Waals surface area contributed by atoms with Gasteiger partial charge in [0.2, 0.25) is 0 Å². The average molecular weight is 266 g/mol. The number of rotatable bonds is 3. The van der Waals surface area contributed by atoms with Crippen molar-refractivity contribution in [3.8, 4) is 0 Å². The average Bonchev–Trinajstić information content (AvgIpc) is 2.71. The van der Waals surface area contributed by atoms with Gasteiger partial charge in [0.1, 0.15) is 5.01 Å². The van der Waals surface area contributed by atoms with Gasteiger partial charge in [-0.05, 0) is 45.7 Å². The van der Waals surface area contributed by atoms with Crippen LogP contribution in [0.4, 0.5) is 0 Å². The van der Waals surface area contributed by atoms with Crippen LogP contribution in [-0.4, -0.2) is 28.8 Å². The Bertz CT molecular complexity index is 433. The number of hydrogen-bond donors (Lipinski definition) is 0. The first-order valence-electron chi connectivity index (χ1n) is 6.71. The maximum Gasteiger partial charge on any atom is 0.171 e. The number of ketones is 1. The van der Waals surface area contributed by atoms with Crippen LogP contribution in [-0.2, 0) is 0 Å². The summed E-state index contributed by atoms with van der Waals surface area (Å²) < 4.78 is 0. The van der Waals surface area contributed by atoms with Crippen LogP contribution < -0.4 is 0 Å². The maximum absolute atomic E-state index is 11.5. The molecule has 0 aromatic carbocycles. The fourth-order valence-corrected chi connectivity index (χ4v) is 3.54. The maximum atomic E-state index is 11.5. The molecule has 1 saturated heterocycles. The van der Waals surface area contributed by atoms with Gasteiger partial charge >= 0.3 is 0 Å². The SMILES string of the molecule is CC(=O)c1sc(C(C)N2CCC(C)CC2)nc1C. The second-order valence-corrected chi connectivity index (χ2v) is 6.45. The van der Waals surface area contributed by atoms with Crippen molar-refractivity contribution in [2.24, 2.45) is 5.92 Å². The molecule has 0 bridgehead atoms. The number of aryl methyl sites for hydroxylation is 1. The van der Waals surface area contributed by atoms with E-state index in [0.29, 0.717) is 6.04 Å². The monoisotopic (exact) mass is 266 g/mol. The van der Waals surface area contributed by atoms with Crippen molar-refractivity contribution in [1.29, 1.82) is 0 Å². The molecule has 1 aromatic heterocycles. The number of carbonyl (C=O) groups is 1. The van der Waals surface area contributed by atoms with Crippen LogP contribution in [0.5, 0.6) is 0 Å². The van der Waals surface area contributed by atoms with Gasteiger partial charge in [-0.1, -0.05) is 6.92 Å². The topological polar surface area (TPSA) is 33.2 Å². The summed E-state index contributed by atoms with van der Waals surface area (Å²) in [6, 6.07) is 0.342. The number of hydrogen-bond acceptors (Lipinski definition) is 4. The number of Topliss-reactive ketones (excluding diaryl/α,β-unsaturated/α-hetero) is 1. The fraction of sp³-hybridized carbons (Fsp3) is 0.714. The summed E-state index contributed by atoms with van der Waals surface area (Å²) in [4.78, 5) is 19.4. The molecule has 1 unspecified atom stereocenters. The molecule has 4 heteroatoms. The minimum absolute atomic E-state index is 0.135. The third-order valence-corrected chi connectivity index (χ3v) is 5.28. The van der Waals surface area contributed by atoms with E-state index in [1.807, 2.05) is 6.92 Å². The lowest BCUT2D eigenvalue weighted by Crippen LogP contribution is -2.34. The molecule has 0 N–H and O–H groups in total. The number of carbonyl (C=O) groups excluding carboxylic acids is 1. The van der Waals surface area contributed by atoms with Gasteiger partial charge in [-0.15, -0.1) is 11.3 Å². The van der Waals surface area contributed by atoms with E-state index < -0.39 is 0 Å². The zero-order valence-corrected chi connectivity index (χ0v) is 12.5. The summed E-state index contributed by atoms with van der Waals surface area (Å²) in [7, 11) is 0. The van der Waals surface area contributed by atoms with Gasteiger partial charge in [0, 0.05) is 6.92 Å². The van der Waals surface area contributed by atoms with Gasteiger partial charge < -0.3 is 0 Å². The molecule has 3 nitrogen and oxygen atoms in total. The highest BCUT2D eigenvalue weighted by Crippen LogP contribution is 2.30. The molecule has 1 fully saturated rings. The van der Waals surface area contributed by atoms with Gasteiger partial charge in [-0.3, -0.25) is 9.69 Å². The Morgan fingerprint density at radius 2 is 2.06 bits per heavy atom. The molecule has 100 valence electrons. The van der Waals surface area contributed by atoms with Gasteiger partial charge in [0.25, 0.3) is 0 Å². The van der Waals surface area contributed by atoms with E-state index in [0.717, 1.165) is 34.6 Å². The van der Waals surface area contributed by atoms with E-state index in [4.69, 9.17) is 0 Å². The molecule has 2 rings (SSSR count). The Hall–Kier alpha value is -0.740. The lowest BCUT2D eigenvalue weighted by Gasteiger charge is -2.33. The zero-order valence-electron chi connectivity index (χ0n) is 11.7. The molecule has 18 heavy (non-hydrogen) atoms. The first-order valence-corrected chi connectivity index (χ1v) is 7.53. The Balaban J connectivity index is 2.11. The van der Waals surface area contributed by atoms with Crippen LogP contribution in [0.1, 0.15) is 60.0 Å². The third kappa shape index (κ3) is 2.81. The summed E-state index contributed by atoms with van der Waals surface area (Å²) in [5.41, 5.74) is 0.889. The molecule has 0 radical (unpaired) electrons. The molecule has 1 aromatic rings. The van der Waals surface area contributed by atoms with Crippen molar-refractivity contribution >= 4 is 17.1 Å². The minimum atomic E-state index is 0.135. The lowest BCUT2D eigenvalue weighted by molar-refractivity contribution is 0.102. The standard InChI is InChI=1S/C14H22N2OS/c1-9-5-7-16(8-6-9)11(3)14-15-10(2)13(18-14)12(4)17/h9,11H,5-8H2,1-4H3. The second kappa shape index (κ2) is 5.49. The highest BCUT2D eigenvalue weighted by molar-refractivity contribution is 7.13. The summed E-state index contributed by atoms with van der Waals surface area (Å²) >= 11 is 1.57. The van der Waals surface area contributed by atoms with Crippen molar-refractivity contribution in [2.75, 3.05) is 13.1 Å². The molecular weight excluding hydrogens is 244 g/mol. The van der Waals surface area contributed by atoms with Crippen molar-refractivity contribution in [2.45, 2.75) is 46.6 Å². The van der Waals surface area contributed by atoms with E-state index in [1.54, 1.807) is 18.3 Å². The van der Waals surface area contributed by atoms with Crippen molar-refractivity contribution in [1.82, 2.24) is 9.88 Å². The molecular formula is C14H22N2OS. The van der Waals surface area contributed by atoms with Crippen LogP contribution in [0.25, 0.3) is 0 Å². The van der Waals surface area contributed by atoms with Crippen molar-refractivity contribution in [3.05, 3.63) is 15.6 Å². The van der Waals surface area contributed by atoms with Crippen LogP contribution in [0.2, 0.25) is 0 Å². The number of thiazole rings is 1. The highest BCUT2D eigenvalue weighted by atomic mass is 32.1. The smallest absolute Gasteiger partial charge is 0.171 e. The zero-order chi connectivity index (χ0) is 13.3. The molecule has 1 aliphatic rings. The summed E-state index contributed by atoms with van der Waals surface area (Å²) in [6.07, 6.45) is 2.54. The Morgan fingerprint density at radius 3 is 2.56 bits per heavy atom. The van der Waals surface area contributed by atoms with Gasteiger partial charge in [0.15, 0.2) is 5.78 Å². The molecule has 2 heterocycles. The largest absolute Gasteiger partial charge is 0.294 e. The molecule has 0 aliphatic carbocycles. The number of piperidine rings is 1. The van der Waals surface area contributed by atoms with Gasteiger partial charge in [-0.2, -0.15) is 0 Å². The Morgan fingerprint density at radius 1 is 1.44 bits per heavy atom. The van der Waals surface area contributed by atoms with Crippen LogP contribution in [0.3, 0.4) is 0 Å². The second-order valence-electron chi connectivity index (χ2n) is 5.42. The predicted octanol–water partition coefficient (Wildman–Crippen LogP) is 3.45. The normalized spacial score (nSPS) is 20.0. The number of nitrogens with zero attached hydrogens (tertiary/aromatic N) is 2. The molecule has 0 amide bonds. The first-order chi connectivity index (χ1) is 8.49. The molecule has 0 saturated carbocycles. The van der Waals surface area contributed by atoms with E-state index in [1.165, 1.54) is 12.8 Å². The summed E-state index contributed by atoms with van der Waals surface area (Å²) in [6.45, 7) is 10.4. The van der Waals surface area contributed by atoms with Crippen LogP contribution in [0.15, 0.2) is 0 Å². The summed E-state index contributed by atoms with van der Waals surface area (Å²) in [5.74, 6) is 0.981. The lowest BCUT2D eigenvalue weighted by atomic mass is 9.98. The molecule has 1 atom stereocenters. The minimum Gasteiger partial charge on any atom is -0.294 e. The van der Waals surface area contributed by atoms with E-state index in [2.05, 4.69) is 23.7 Å². The van der Waals surface area contributed by atoms with Gasteiger partial charge in [0.05, 0.1) is 16.6 Å². The van der Waals surface area contributed by atoms with E-state index in [-0.39, 0.29) is 5.78 Å². The predicted molar refractivity (Wildman–Crippen MR) is 75.2 cm³/mol. The quantitative estimate of drug-likeness (QED) is 0.786. The van der Waals surface area contributed by atoms with E-state index in [9.17, 15) is 4.79 Å². The fourth-order valence-electron chi connectivity index (χ4n) is 2.49. The van der Waals surface area contributed by atoms with Crippen molar-refractivity contribution < 1.29 is 4.79 Å². The van der Waals surface area contributed by atoms with Gasteiger partial charge in [-0.25, -0.2) is 4.98 Å². The Labute approximate surface area is 113 Å². The molecule has 0 spiro atoms. The highest BCUT2D eigenvalue weighted by Gasteiger charge is 2.24. The number of aromatic nitrogens is 1. The van der Waals surface area contributed by atoms with Crippen LogP contribution in [0, 0.1) is 12.8 Å². The summed E-state index contributed by atoms with van der Waals surface area (Å²) in [5, 5.41) is 1.09. The van der Waals surface area contributed by atoms with E-state index >= 15 is 0 Å². The Kier molecular flexibility index (Phi) is 4.17. The third-order valence-electron chi connectivity index (χ3n) is 3.86. The first kappa shape index (κ1) is 13.7. The van der Waals surface area contributed by atoms with Crippen molar-refractivity contribution in [3.63, 3.8) is 0 Å². The molecule has 1 aliphatic heterocycles. The number of likely N-dealkylation sites (tertiary alicyclic amines) is 1. The van der Waals surface area contributed by atoms with Crippen LogP contribution >= 0.6 is 11.3 Å².